The number of aryl methyl sites for hydroxylation is 1. The third-order valence-electron chi connectivity index (χ3n) is 6.94. The van der Waals surface area contributed by atoms with Crippen LogP contribution in [0.1, 0.15) is 48.6 Å². The van der Waals surface area contributed by atoms with Crippen LogP contribution in [0.25, 0.3) is 33.7 Å². The summed E-state index contributed by atoms with van der Waals surface area (Å²) in [5.74, 6) is 2.28. The number of nitrogens with two attached hydrogens (primary N) is 1. The van der Waals surface area contributed by atoms with Crippen molar-refractivity contribution in [3.05, 3.63) is 71.7 Å². The number of benzene rings is 2. The molecule has 5 aromatic rings. The molecule has 2 aromatic carbocycles. The highest BCUT2D eigenvalue weighted by Gasteiger charge is 2.25. The number of anilines is 1. The van der Waals surface area contributed by atoms with Gasteiger partial charge >= 0.3 is 0 Å². The first-order valence-corrected chi connectivity index (χ1v) is 11.7. The molecule has 0 spiro atoms. The molecule has 0 aliphatic heterocycles. The SMILES string of the molecule is Cc1c(N)cnc2c1nc(C1CCCC1)n2Cc1ccc(-c2ccccc2-c2nnn[nH]2)cc1. The minimum absolute atomic E-state index is 0.483. The summed E-state index contributed by atoms with van der Waals surface area (Å²) >= 11 is 0. The number of fused-ring (bicyclic) bond motifs is 1. The van der Waals surface area contributed by atoms with Crippen molar-refractivity contribution in [1.82, 2.24) is 35.2 Å². The van der Waals surface area contributed by atoms with E-state index >= 15 is 0 Å². The number of nitrogen functional groups attached to an aromatic ring is 1. The number of tetrazole rings is 1. The first-order chi connectivity index (χ1) is 16.7. The largest absolute Gasteiger partial charge is 0.397 e. The smallest absolute Gasteiger partial charge is 0.180 e. The molecule has 0 atom stereocenters. The molecule has 34 heavy (non-hydrogen) atoms. The number of aromatic nitrogens is 7. The van der Waals surface area contributed by atoms with Crippen LogP contribution in [0.15, 0.2) is 54.7 Å². The number of rotatable bonds is 5. The van der Waals surface area contributed by atoms with E-state index in [2.05, 4.69) is 60.5 Å². The van der Waals surface area contributed by atoms with E-state index in [1.807, 2.05) is 25.1 Å². The highest BCUT2D eigenvalue weighted by molar-refractivity contribution is 5.81. The molecular formula is C26H26N8. The van der Waals surface area contributed by atoms with Crippen molar-refractivity contribution in [2.45, 2.75) is 45.1 Å². The van der Waals surface area contributed by atoms with E-state index in [1.165, 1.54) is 31.2 Å². The summed E-state index contributed by atoms with van der Waals surface area (Å²) in [5.41, 5.74) is 14.1. The molecule has 1 saturated carbocycles. The van der Waals surface area contributed by atoms with Crippen LogP contribution in [0.3, 0.4) is 0 Å². The molecule has 8 nitrogen and oxygen atoms in total. The molecule has 6 rings (SSSR count). The van der Waals surface area contributed by atoms with E-state index in [-0.39, 0.29) is 0 Å². The van der Waals surface area contributed by atoms with Gasteiger partial charge in [-0.2, -0.15) is 0 Å². The van der Waals surface area contributed by atoms with Crippen molar-refractivity contribution in [3.63, 3.8) is 0 Å². The van der Waals surface area contributed by atoms with Gasteiger partial charge in [0.1, 0.15) is 11.3 Å². The van der Waals surface area contributed by atoms with Gasteiger partial charge in [0.15, 0.2) is 11.5 Å². The second kappa shape index (κ2) is 8.37. The minimum Gasteiger partial charge on any atom is -0.397 e. The Labute approximate surface area is 197 Å². The highest BCUT2D eigenvalue weighted by Crippen LogP contribution is 2.36. The molecule has 3 N–H and O–H groups in total. The third kappa shape index (κ3) is 3.51. The Morgan fingerprint density at radius 3 is 2.53 bits per heavy atom. The Morgan fingerprint density at radius 2 is 1.79 bits per heavy atom. The standard InChI is InChI=1S/C26H26N8/c1-16-22(27)14-28-26-23(16)29-25(19-6-2-3-7-19)34(26)15-17-10-12-18(13-11-17)20-8-4-5-9-21(20)24-30-32-33-31-24/h4-5,8-14,19H,2-3,6-7,15,27H2,1H3,(H,30,31,32,33). The normalized spacial score (nSPS) is 14.3. The van der Waals surface area contributed by atoms with Crippen LogP contribution < -0.4 is 5.73 Å². The maximum absolute atomic E-state index is 6.14. The Balaban J connectivity index is 1.37. The van der Waals surface area contributed by atoms with Gasteiger partial charge in [0.25, 0.3) is 0 Å². The zero-order chi connectivity index (χ0) is 23.1. The molecule has 1 aliphatic carbocycles. The van der Waals surface area contributed by atoms with Crippen LogP contribution in [0.5, 0.6) is 0 Å². The molecule has 3 aromatic heterocycles. The first kappa shape index (κ1) is 20.5. The van der Waals surface area contributed by atoms with Crippen LogP contribution in [0.2, 0.25) is 0 Å². The van der Waals surface area contributed by atoms with Crippen LogP contribution >= 0.6 is 0 Å². The van der Waals surface area contributed by atoms with Crippen molar-refractivity contribution >= 4 is 16.9 Å². The lowest BCUT2D eigenvalue weighted by Crippen LogP contribution is -2.09. The fourth-order valence-electron chi connectivity index (χ4n) is 5.05. The first-order valence-electron chi connectivity index (χ1n) is 11.7. The summed E-state index contributed by atoms with van der Waals surface area (Å²) in [5, 5.41) is 14.4. The quantitative estimate of drug-likeness (QED) is 0.395. The maximum Gasteiger partial charge on any atom is 0.180 e. The van der Waals surface area contributed by atoms with E-state index in [4.69, 9.17) is 10.7 Å². The van der Waals surface area contributed by atoms with Crippen molar-refractivity contribution in [1.29, 1.82) is 0 Å². The number of pyridine rings is 1. The van der Waals surface area contributed by atoms with Crippen molar-refractivity contribution in [3.8, 4) is 22.5 Å². The van der Waals surface area contributed by atoms with Crippen molar-refractivity contribution in [2.75, 3.05) is 5.73 Å². The lowest BCUT2D eigenvalue weighted by Gasteiger charge is -2.14. The predicted octanol–water partition coefficient (Wildman–Crippen LogP) is 4.87. The Kier molecular flexibility index (Phi) is 5.05. The highest BCUT2D eigenvalue weighted by atomic mass is 15.5. The fourth-order valence-corrected chi connectivity index (χ4v) is 5.05. The lowest BCUT2D eigenvalue weighted by atomic mass is 9.98. The van der Waals surface area contributed by atoms with Gasteiger partial charge in [0.2, 0.25) is 0 Å². The van der Waals surface area contributed by atoms with Crippen LogP contribution in [-0.4, -0.2) is 35.2 Å². The number of aromatic amines is 1. The molecule has 0 radical (unpaired) electrons. The van der Waals surface area contributed by atoms with Gasteiger partial charge in [-0.15, -0.1) is 5.10 Å². The predicted molar refractivity (Wildman–Crippen MR) is 132 cm³/mol. The van der Waals surface area contributed by atoms with Crippen LogP contribution in [0, 0.1) is 6.92 Å². The van der Waals surface area contributed by atoms with E-state index in [1.54, 1.807) is 6.20 Å². The van der Waals surface area contributed by atoms with Gasteiger partial charge in [-0.1, -0.05) is 61.4 Å². The number of nitrogens with one attached hydrogen (secondary N) is 1. The summed E-state index contributed by atoms with van der Waals surface area (Å²) in [6.07, 6.45) is 6.65. The Morgan fingerprint density at radius 1 is 1.03 bits per heavy atom. The summed E-state index contributed by atoms with van der Waals surface area (Å²) in [7, 11) is 0. The number of nitrogens with zero attached hydrogens (tertiary/aromatic N) is 6. The molecular weight excluding hydrogens is 424 g/mol. The van der Waals surface area contributed by atoms with Gasteiger partial charge in [0.05, 0.1) is 18.4 Å². The lowest BCUT2D eigenvalue weighted by molar-refractivity contribution is 0.616. The molecule has 0 amide bonds. The van der Waals surface area contributed by atoms with Gasteiger partial charge in [-0.3, -0.25) is 0 Å². The Bertz CT molecular complexity index is 1440. The second-order valence-electron chi connectivity index (χ2n) is 9.04. The minimum atomic E-state index is 0.483. The average Bonchev–Trinajstić information content (AvgIpc) is 3.64. The number of hydrogen-bond donors (Lipinski definition) is 2. The van der Waals surface area contributed by atoms with Crippen molar-refractivity contribution in [2.24, 2.45) is 0 Å². The van der Waals surface area contributed by atoms with Gasteiger partial charge < -0.3 is 10.3 Å². The summed E-state index contributed by atoms with van der Waals surface area (Å²) in [6, 6.07) is 16.8. The van der Waals surface area contributed by atoms with Gasteiger partial charge in [-0.25, -0.2) is 15.1 Å². The van der Waals surface area contributed by atoms with Crippen LogP contribution in [0.4, 0.5) is 5.69 Å². The van der Waals surface area contributed by atoms with E-state index in [0.717, 1.165) is 45.8 Å². The number of H-pyrrole nitrogens is 1. The summed E-state index contributed by atoms with van der Waals surface area (Å²) in [4.78, 5) is 9.74. The molecule has 0 bridgehead atoms. The van der Waals surface area contributed by atoms with Crippen LogP contribution in [-0.2, 0) is 6.54 Å². The monoisotopic (exact) mass is 450 g/mol. The van der Waals surface area contributed by atoms with Gasteiger partial charge in [-0.05, 0) is 46.9 Å². The maximum atomic E-state index is 6.14. The Hall–Kier alpha value is -4.07. The number of imidazole rings is 1. The topological polar surface area (TPSA) is 111 Å². The molecule has 1 fully saturated rings. The summed E-state index contributed by atoms with van der Waals surface area (Å²) in [6.45, 7) is 2.76. The fraction of sp³-hybridized carbons (Fsp3) is 0.269. The molecule has 1 aliphatic rings. The molecule has 8 heteroatoms. The van der Waals surface area contributed by atoms with Gasteiger partial charge in [0, 0.05) is 17.0 Å². The third-order valence-corrected chi connectivity index (χ3v) is 6.94. The summed E-state index contributed by atoms with van der Waals surface area (Å²) < 4.78 is 2.29. The second-order valence-corrected chi connectivity index (χ2v) is 9.04. The molecule has 0 saturated heterocycles. The molecule has 3 heterocycles. The average molecular weight is 451 g/mol. The molecule has 170 valence electrons. The zero-order valence-electron chi connectivity index (χ0n) is 19.1. The zero-order valence-corrected chi connectivity index (χ0v) is 19.1. The van der Waals surface area contributed by atoms with Crippen molar-refractivity contribution < 1.29 is 0 Å². The van der Waals surface area contributed by atoms with E-state index in [0.29, 0.717) is 17.4 Å². The van der Waals surface area contributed by atoms with E-state index < -0.39 is 0 Å². The van der Waals surface area contributed by atoms with E-state index in [9.17, 15) is 0 Å². The molecule has 0 unspecified atom stereocenters. The number of hydrogen-bond acceptors (Lipinski definition) is 6.